The molecule has 60 heavy (non-hydrogen) atoms. The average Bonchev–Trinajstić information content (AvgIpc) is 3.24. The molecule has 1 atom stereocenters. The summed E-state index contributed by atoms with van der Waals surface area (Å²) in [7, 11) is 0. The summed E-state index contributed by atoms with van der Waals surface area (Å²) in [6, 6.07) is 0. The van der Waals surface area contributed by atoms with Crippen LogP contribution in [-0.4, -0.2) is 37.2 Å². The minimum Gasteiger partial charge on any atom is -0.462 e. The van der Waals surface area contributed by atoms with Gasteiger partial charge in [-0.05, 0) is 51.4 Å². The highest BCUT2D eigenvalue weighted by Crippen LogP contribution is 2.15. The van der Waals surface area contributed by atoms with E-state index >= 15 is 0 Å². The van der Waals surface area contributed by atoms with Gasteiger partial charge >= 0.3 is 17.9 Å². The summed E-state index contributed by atoms with van der Waals surface area (Å²) in [6.07, 6.45) is 61.5. The van der Waals surface area contributed by atoms with Crippen molar-refractivity contribution < 1.29 is 28.6 Å². The molecule has 342 valence electrons. The summed E-state index contributed by atoms with van der Waals surface area (Å²) in [5.74, 6) is -1.02. The zero-order valence-corrected chi connectivity index (χ0v) is 38.9. The van der Waals surface area contributed by atoms with E-state index in [1.54, 1.807) is 0 Å². The monoisotopic (exact) mass is 835 g/mol. The molecule has 0 N–H and O–H groups in total. The number of hydrogen-bond donors (Lipinski definition) is 0. The van der Waals surface area contributed by atoms with Gasteiger partial charge in [0, 0.05) is 19.3 Å². The molecule has 1 unspecified atom stereocenters. The molecular weight excluding hydrogens is 745 g/mol. The Bertz CT molecular complexity index is 1190. The average molecular weight is 835 g/mol. The number of carbonyl (C=O) groups is 3. The highest BCUT2D eigenvalue weighted by atomic mass is 16.6. The van der Waals surface area contributed by atoms with Gasteiger partial charge in [-0.1, -0.05) is 234 Å². The smallest absolute Gasteiger partial charge is 0.306 e. The lowest BCUT2D eigenvalue weighted by Gasteiger charge is -2.18. The molecule has 0 amide bonds. The Morgan fingerprint density at radius 2 is 0.683 bits per heavy atom. The first-order chi connectivity index (χ1) is 29.5. The van der Waals surface area contributed by atoms with Crippen LogP contribution in [0.3, 0.4) is 0 Å². The van der Waals surface area contributed by atoms with Gasteiger partial charge in [-0.2, -0.15) is 0 Å². The highest BCUT2D eigenvalue weighted by Gasteiger charge is 2.19. The van der Waals surface area contributed by atoms with E-state index in [-0.39, 0.29) is 37.5 Å². The van der Waals surface area contributed by atoms with Crippen molar-refractivity contribution >= 4 is 17.9 Å². The maximum Gasteiger partial charge on any atom is 0.306 e. The van der Waals surface area contributed by atoms with Crippen LogP contribution in [0.1, 0.15) is 220 Å². The molecule has 0 aromatic rings. The van der Waals surface area contributed by atoms with Crippen molar-refractivity contribution in [2.45, 2.75) is 226 Å². The second kappa shape index (κ2) is 48.3. The predicted octanol–water partition coefficient (Wildman–Crippen LogP) is 16.0. The maximum absolute atomic E-state index is 12.7. The molecule has 0 aliphatic heterocycles. The van der Waals surface area contributed by atoms with Crippen molar-refractivity contribution in [2.75, 3.05) is 13.2 Å². The molecule has 0 bridgehead atoms. The second-order valence-corrected chi connectivity index (χ2v) is 16.1. The molecule has 0 rings (SSSR count). The molecule has 0 fully saturated rings. The molecule has 0 heterocycles. The number of hydrogen-bond acceptors (Lipinski definition) is 6. The van der Waals surface area contributed by atoms with Crippen molar-refractivity contribution in [3.63, 3.8) is 0 Å². The third-order valence-corrected chi connectivity index (χ3v) is 10.3. The first-order valence-corrected chi connectivity index (χ1v) is 24.7. The lowest BCUT2D eigenvalue weighted by molar-refractivity contribution is -0.167. The van der Waals surface area contributed by atoms with E-state index in [1.807, 2.05) is 54.7 Å². The topological polar surface area (TPSA) is 78.9 Å². The summed E-state index contributed by atoms with van der Waals surface area (Å²) in [5.41, 5.74) is 0. The van der Waals surface area contributed by atoms with Crippen molar-refractivity contribution in [3.05, 3.63) is 85.1 Å². The summed E-state index contributed by atoms with van der Waals surface area (Å²) in [4.78, 5) is 37.8. The number of rotatable bonds is 43. The van der Waals surface area contributed by atoms with E-state index in [2.05, 4.69) is 51.2 Å². The molecule has 0 saturated carbocycles. The van der Waals surface area contributed by atoms with Crippen LogP contribution in [0.25, 0.3) is 0 Å². The van der Waals surface area contributed by atoms with E-state index in [0.29, 0.717) is 19.3 Å². The Hall–Kier alpha value is -3.41. The Labute approximate surface area is 369 Å². The van der Waals surface area contributed by atoms with Gasteiger partial charge < -0.3 is 14.2 Å². The van der Waals surface area contributed by atoms with Crippen LogP contribution in [0.4, 0.5) is 0 Å². The minimum atomic E-state index is -0.821. The van der Waals surface area contributed by atoms with E-state index in [0.717, 1.165) is 64.2 Å². The van der Waals surface area contributed by atoms with Crippen LogP contribution in [0, 0.1) is 0 Å². The van der Waals surface area contributed by atoms with Gasteiger partial charge in [-0.25, -0.2) is 0 Å². The molecule has 0 aromatic heterocycles. The van der Waals surface area contributed by atoms with Crippen molar-refractivity contribution in [1.29, 1.82) is 0 Å². The molecule has 0 saturated heterocycles. The zero-order valence-electron chi connectivity index (χ0n) is 38.9. The molecule has 0 aliphatic rings. The molecule has 6 heteroatoms. The lowest BCUT2D eigenvalue weighted by Crippen LogP contribution is -2.30. The standard InChI is InChI=1S/C54H90O6/c1-4-7-10-13-16-19-22-24-25-26-27-28-30-32-35-38-41-44-47-53(56)59-50-51(49-58-52(55)46-43-40-37-34-31-21-18-15-12-9-6-3)60-54(57)48-45-42-39-36-33-29-23-20-17-14-11-8-5-2/h8,11,14-15,17-18,20-21,23,29,31,33,36,39,51H,4-7,9-10,12-13,16,19,22,24-28,30,32,34-35,37-38,40-50H2,1-3H3/b11-8-,17-14-,18-15-,23-20-,31-21-,33-29-,39-36-. The Kier molecular flexibility index (Phi) is 45.5. The van der Waals surface area contributed by atoms with E-state index in [4.69, 9.17) is 14.2 Å². The first kappa shape index (κ1) is 56.6. The van der Waals surface area contributed by atoms with Crippen LogP contribution in [0.5, 0.6) is 0 Å². The van der Waals surface area contributed by atoms with Crippen LogP contribution in [0.15, 0.2) is 85.1 Å². The minimum absolute atomic E-state index is 0.113. The maximum atomic E-state index is 12.7. The number of carbonyl (C=O) groups excluding carboxylic acids is 3. The van der Waals surface area contributed by atoms with Crippen molar-refractivity contribution in [1.82, 2.24) is 0 Å². The van der Waals surface area contributed by atoms with Crippen LogP contribution in [-0.2, 0) is 28.6 Å². The number of esters is 3. The molecule has 6 nitrogen and oxygen atoms in total. The quantitative estimate of drug-likeness (QED) is 0.0263. The lowest BCUT2D eigenvalue weighted by atomic mass is 10.0. The molecular formula is C54H90O6. The molecule has 0 aliphatic carbocycles. The van der Waals surface area contributed by atoms with Gasteiger partial charge in [0.2, 0.25) is 0 Å². The molecule has 0 aromatic carbocycles. The van der Waals surface area contributed by atoms with Gasteiger partial charge in [-0.3, -0.25) is 14.4 Å². The van der Waals surface area contributed by atoms with Crippen molar-refractivity contribution in [2.24, 2.45) is 0 Å². The summed E-state index contributed by atoms with van der Waals surface area (Å²) >= 11 is 0. The fourth-order valence-corrected chi connectivity index (χ4v) is 6.57. The Balaban J connectivity index is 4.44. The Morgan fingerprint density at radius 1 is 0.350 bits per heavy atom. The van der Waals surface area contributed by atoms with Gasteiger partial charge in [-0.15, -0.1) is 0 Å². The summed E-state index contributed by atoms with van der Waals surface area (Å²) < 4.78 is 16.7. The largest absolute Gasteiger partial charge is 0.462 e. The molecule has 0 spiro atoms. The molecule has 0 radical (unpaired) electrons. The fraction of sp³-hybridized carbons (Fsp3) is 0.685. The van der Waals surface area contributed by atoms with Gasteiger partial charge in [0.1, 0.15) is 13.2 Å². The Morgan fingerprint density at radius 3 is 1.13 bits per heavy atom. The third-order valence-electron chi connectivity index (χ3n) is 10.3. The normalized spacial score (nSPS) is 12.8. The van der Waals surface area contributed by atoms with Gasteiger partial charge in [0.25, 0.3) is 0 Å². The highest BCUT2D eigenvalue weighted by molar-refractivity contribution is 5.71. The van der Waals surface area contributed by atoms with Crippen LogP contribution >= 0.6 is 0 Å². The zero-order chi connectivity index (χ0) is 43.7. The summed E-state index contributed by atoms with van der Waals surface area (Å²) in [6.45, 7) is 6.35. The summed E-state index contributed by atoms with van der Waals surface area (Å²) in [5, 5.41) is 0. The van der Waals surface area contributed by atoms with Crippen LogP contribution < -0.4 is 0 Å². The van der Waals surface area contributed by atoms with Gasteiger partial charge in [0.05, 0.1) is 0 Å². The SMILES string of the molecule is CC\C=C/C=C\C=C/C=C\C=C/CCCC(=O)OC(COC(=O)CCCCC/C=C\C=C/CCCC)COC(=O)CCCCCCCCCCCCCCCCCCCC. The van der Waals surface area contributed by atoms with Crippen LogP contribution in [0.2, 0.25) is 0 Å². The number of unbranched alkanes of at least 4 members (excludes halogenated alkanes) is 23. The second-order valence-electron chi connectivity index (χ2n) is 16.1. The van der Waals surface area contributed by atoms with E-state index in [1.165, 1.54) is 109 Å². The van der Waals surface area contributed by atoms with E-state index < -0.39 is 6.10 Å². The third kappa shape index (κ3) is 45.7. The van der Waals surface area contributed by atoms with Crippen molar-refractivity contribution in [3.8, 4) is 0 Å². The number of allylic oxidation sites excluding steroid dienone is 14. The van der Waals surface area contributed by atoms with Gasteiger partial charge in [0.15, 0.2) is 6.10 Å². The fourth-order valence-electron chi connectivity index (χ4n) is 6.57. The first-order valence-electron chi connectivity index (χ1n) is 24.7. The predicted molar refractivity (Wildman–Crippen MR) is 256 cm³/mol. The number of ether oxygens (including phenoxy) is 3. The van der Waals surface area contributed by atoms with E-state index in [9.17, 15) is 14.4 Å².